The van der Waals surface area contributed by atoms with Crippen LogP contribution in [-0.2, 0) is 20.9 Å². The van der Waals surface area contributed by atoms with Crippen molar-refractivity contribution in [3.8, 4) is 11.1 Å². The lowest BCUT2D eigenvalue weighted by Crippen LogP contribution is -2.64. The van der Waals surface area contributed by atoms with Crippen LogP contribution in [0.1, 0.15) is 54.7 Å². The van der Waals surface area contributed by atoms with Crippen LogP contribution in [0.25, 0.3) is 11.1 Å². The highest BCUT2D eigenvalue weighted by atomic mass is 16.5. The summed E-state index contributed by atoms with van der Waals surface area (Å²) >= 11 is 0. The van der Waals surface area contributed by atoms with Gasteiger partial charge in [0, 0.05) is 31.6 Å². The Bertz CT molecular complexity index is 1400. The number of ether oxygens (including phenoxy) is 1. The third-order valence-corrected chi connectivity index (χ3v) is 9.23. The molecule has 218 valence electrons. The second kappa shape index (κ2) is 12.0. The highest BCUT2D eigenvalue weighted by molar-refractivity contribution is 5.91. The molecule has 2 fully saturated rings. The number of amides is 2. The summed E-state index contributed by atoms with van der Waals surface area (Å²) in [4.78, 5) is 41.3. The predicted octanol–water partition coefficient (Wildman–Crippen LogP) is 4.93. The molecule has 0 spiro atoms. The van der Waals surface area contributed by atoms with E-state index >= 15 is 0 Å². The Labute approximate surface area is 246 Å². The van der Waals surface area contributed by atoms with Crippen LogP contribution in [0.2, 0.25) is 0 Å². The molecule has 1 heterocycles. The molecule has 2 atom stereocenters. The van der Waals surface area contributed by atoms with Crippen LogP contribution >= 0.6 is 0 Å². The fraction of sp³-hybridized carbons (Fsp3) is 0.382. The minimum Gasteiger partial charge on any atom is -0.481 e. The second-order valence-corrected chi connectivity index (χ2v) is 11.7. The molecule has 42 heavy (non-hydrogen) atoms. The van der Waals surface area contributed by atoms with Gasteiger partial charge in [-0.25, -0.2) is 4.79 Å². The smallest absolute Gasteiger partial charge is 0.408 e. The SMILES string of the molecule is O=C(NC1(C(=O)N[C@H]2CCC[C@H]2C(=O)O)CCN(Cc2ccccc2)CC1)OCC1c2ccccc2-c2ccccc21. The van der Waals surface area contributed by atoms with Gasteiger partial charge in [0.05, 0.1) is 5.92 Å². The summed E-state index contributed by atoms with van der Waals surface area (Å²) in [5, 5.41) is 15.6. The summed E-state index contributed by atoms with van der Waals surface area (Å²) in [6.45, 7) is 2.13. The summed E-state index contributed by atoms with van der Waals surface area (Å²) in [6, 6.07) is 26.0. The number of nitrogens with zero attached hydrogens (tertiary/aromatic N) is 1. The molecule has 0 bridgehead atoms. The Balaban J connectivity index is 1.16. The number of benzene rings is 3. The Hall–Kier alpha value is -4.17. The van der Waals surface area contributed by atoms with Crippen LogP contribution in [0, 0.1) is 5.92 Å². The molecule has 1 aliphatic heterocycles. The van der Waals surface area contributed by atoms with Crippen molar-refractivity contribution in [3.63, 3.8) is 0 Å². The van der Waals surface area contributed by atoms with Gasteiger partial charge in [0.15, 0.2) is 0 Å². The van der Waals surface area contributed by atoms with E-state index in [9.17, 15) is 19.5 Å². The van der Waals surface area contributed by atoms with E-state index in [1.807, 2.05) is 42.5 Å². The first kappa shape index (κ1) is 28.0. The first-order valence-electron chi connectivity index (χ1n) is 14.9. The van der Waals surface area contributed by atoms with E-state index in [1.165, 1.54) is 5.56 Å². The zero-order valence-corrected chi connectivity index (χ0v) is 23.6. The lowest BCUT2D eigenvalue weighted by Gasteiger charge is -2.41. The number of rotatable bonds is 8. The molecule has 1 saturated carbocycles. The number of hydrogen-bond donors (Lipinski definition) is 3. The number of hydrogen-bond acceptors (Lipinski definition) is 5. The van der Waals surface area contributed by atoms with Crippen LogP contribution in [0.15, 0.2) is 78.9 Å². The number of carbonyl (C=O) groups excluding carboxylic acids is 2. The number of aliphatic carboxylic acids is 1. The molecule has 2 amide bonds. The van der Waals surface area contributed by atoms with Gasteiger partial charge in [-0.3, -0.25) is 14.5 Å². The monoisotopic (exact) mass is 567 g/mol. The highest BCUT2D eigenvalue weighted by Crippen LogP contribution is 2.44. The Morgan fingerprint density at radius 2 is 1.48 bits per heavy atom. The van der Waals surface area contributed by atoms with E-state index in [-0.39, 0.29) is 18.4 Å². The molecule has 6 rings (SSSR count). The molecule has 3 aliphatic rings. The maximum atomic E-state index is 13.8. The van der Waals surface area contributed by atoms with Gasteiger partial charge in [0.2, 0.25) is 5.91 Å². The van der Waals surface area contributed by atoms with E-state index in [0.717, 1.165) is 35.2 Å². The van der Waals surface area contributed by atoms with E-state index in [2.05, 4.69) is 51.9 Å². The number of carboxylic acids is 1. The van der Waals surface area contributed by atoms with Gasteiger partial charge < -0.3 is 20.5 Å². The van der Waals surface area contributed by atoms with Crippen molar-refractivity contribution in [3.05, 3.63) is 95.6 Å². The number of nitrogens with one attached hydrogen (secondary N) is 2. The van der Waals surface area contributed by atoms with E-state index in [1.54, 1.807) is 0 Å². The minimum atomic E-state index is -1.18. The van der Waals surface area contributed by atoms with Crippen LogP contribution in [0.3, 0.4) is 0 Å². The van der Waals surface area contributed by atoms with Gasteiger partial charge >= 0.3 is 12.1 Å². The maximum Gasteiger partial charge on any atom is 0.408 e. The van der Waals surface area contributed by atoms with Gasteiger partial charge in [-0.1, -0.05) is 85.3 Å². The molecule has 3 N–H and O–H groups in total. The topological polar surface area (TPSA) is 108 Å². The van der Waals surface area contributed by atoms with Gasteiger partial charge in [-0.05, 0) is 53.5 Å². The standard InChI is InChI=1S/C34H37N3O5/c38-31(39)28-15-8-16-30(28)35-32(40)34(17-19-37(20-18-34)21-23-9-2-1-3-10-23)36-33(41)42-22-29-26-13-6-4-11-24(26)25-12-5-7-14-27(25)29/h1-7,9-14,28-30H,8,15-22H2,(H,35,40)(H,36,41)(H,38,39)/t28-,30+/m1/s1. The average molecular weight is 568 g/mol. The second-order valence-electron chi connectivity index (χ2n) is 11.7. The lowest BCUT2D eigenvalue weighted by atomic mass is 9.85. The summed E-state index contributed by atoms with van der Waals surface area (Å²) in [7, 11) is 0. The van der Waals surface area contributed by atoms with E-state index < -0.39 is 29.6 Å². The molecule has 0 unspecified atom stereocenters. The zero-order chi connectivity index (χ0) is 29.1. The van der Waals surface area contributed by atoms with Crippen molar-refractivity contribution < 1.29 is 24.2 Å². The summed E-state index contributed by atoms with van der Waals surface area (Å²) in [5.41, 5.74) is 4.54. The summed E-state index contributed by atoms with van der Waals surface area (Å²) < 4.78 is 5.83. The van der Waals surface area contributed by atoms with Crippen LogP contribution < -0.4 is 10.6 Å². The van der Waals surface area contributed by atoms with Crippen LogP contribution in [0.4, 0.5) is 4.79 Å². The summed E-state index contributed by atoms with van der Waals surface area (Å²) in [5.74, 6) is -1.92. The van der Waals surface area contributed by atoms with Crippen molar-refractivity contribution in [1.82, 2.24) is 15.5 Å². The molecule has 3 aromatic carbocycles. The normalized spacial score (nSPS) is 21.2. The van der Waals surface area contributed by atoms with Crippen molar-refractivity contribution in [1.29, 1.82) is 0 Å². The molecule has 2 aliphatic carbocycles. The minimum absolute atomic E-state index is 0.0875. The van der Waals surface area contributed by atoms with Crippen molar-refractivity contribution in [2.24, 2.45) is 5.92 Å². The van der Waals surface area contributed by atoms with Gasteiger partial charge in [-0.15, -0.1) is 0 Å². The van der Waals surface area contributed by atoms with Gasteiger partial charge in [0.25, 0.3) is 0 Å². The molecular formula is C34H37N3O5. The number of carboxylic acid groups (broad SMARTS) is 1. The van der Waals surface area contributed by atoms with E-state index in [4.69, 9.17) is 4.74 Å². The first-order chi connectivity index (χ1) is 20.4. The quantitative estimate of drug-likeness (QED) is 0.356. The Morgan fingerprint density at radius 1 is 0.857 bits per heavy atom. The fourth-order valence-corrected chi connectivity index (χ4v) is 6.91. The van der Waals surface area contributed by atoms with Crippen molar-refractivity contribution in [2.75, 3.05) is 19.7 Å². The van der Waals surface area contributed by atoms with Crippen molar-refractivity contribution in [2.45, 2.75) is 56.1 Å². The fourth-order valence-electron chi connectivity index (χ4n) is 6.91. The first-order valence-corrected chi connectivity index (χ1v) is 14.9. The van der Waals surface area contributed by atoms with Crippen LogP contribution in [0.5, 0.6) is 0 Å². The lowest BCUT2D eigenvalue weighted by molar-refractivity contribution is -0.142. The number of piperidine rings is 1. The van der Waals surface area contributed by atoms with Gasteiger partial charge in [-0.2, -0.15) is 0 Å². The Morgan fingerprint density at radius 3 is 2.12 bits per heavy atom. The summed E-state index contributed by atoms with van der Waals surface area (Å²) in [6.07, 6.45) is 2.08. The number of carbonyl (C=O) groups is 3. The Kier molecular flexibility index (Phi) is 7.98. The highest BCUT2D eigenvalue weighted by Gasteiger charge is 2.46. The molecule has 0 aromatic heterocycles. The molecule has 8 nitrogen and oxygen atoms in total. The molecule has 8 heteroatoms. The predicted molar refractivity (Wildman–Crippen MR) is 159 cm³/mol. The third kappa shape index (κ3) is 5.63. The number of alkyl carbamates (subject to hydrolysis) is 1. The molecule has 1 saturated heterocycles. The average Bonchev–Trinajstić information content (AvgIpc) is 3.60. The molecule has 3 aromatic rings. The van der Waals surface area contributed by atoms with Crippen molar-refractivity contribution >= 4 is 18.0 Å². The largest absolute Gasteiger partial charge is 0.481 e. The third-order valence-electron chi connectivity index (χ3n) is 9.23. The van der Waals surface area contributed by atoms with Gasteiger partial charge in [0.1, 0.15) is 12.1 Å². The number of likely N-dealkylation sites (tertiary alicyclic amines) is 1. The molecular weight excluding hydrogens is 530 g/mol. The molecule has 0 radical (unpaired) electrons. The number of fused-ring (bicyclic) bond motifs is 3. The van der Waals surface area contributed by atoms with Crippen LogP contribution in [-0.4, -0.2) is 59.3 Å². The zero-order valence-electron chi connectivity index (χ0n) is 23.6. The maximum absolute atomic E-state index is 13.8. The van der Waals surface area contributed by atoms with E-state index in [0.29, 0.717) is 38.8 Å².